The van der Waals surface area contributed by atoms with E-state index in [1.807, 2.05) is 52.0 Å². The number of carbonyl (C=O) groups is 1. The first kappa shape index (κ1) is 25.2. The number of aliphatic hydroxyl groups is 1. The van der Waals surface area contributed by atoms with Crippen molar-refractivity contribution in [2.24, 2.45) is 0 Å². The lowest BCUT2D eigenvalue weighted by Crippen LogP contribution is -2.34. The fourth-order valence-corrected chi connectivity index (χ4v) is 2.54. The number of benzene rings is 1. The Bertz CT molecular complexity index is 587. The summed E-state index contributed by atoms with van der Waals surface area (Å²) in [7, 11) is 1.45. The van der Waals surface area contributed by atoms with Crippen LogP contribution in [0.15, 0.2) is 24.3 Å². The van der Waals surface area contributed by atoms with Gasteiger partial charge in [-0.3, -0.25) is 0 Å². The van der Waals surface area contributed by atoms with Crippen molar-refractivity contribution in [2.75, 3.05) is 26.9 Å². The number of hydrogen-bond acceptors (Lipinski definition) is 6. The van der Waals surface area contributed by atoms with Crippen molar-refractivity contribution in [3.63, 3.8) is 0 Å². The average molecular weight is 412 g/mol. The quantitative estimate of drug-likeness (QED) is 0.374. The van der Waals surface area contributed by atoms with Gasteiger partial charge < -0.3 is 29.4 Å². The van der Waals surface area contributed by atoms with E-state index in [9.17, 15) is 9.90 Å². The normalized spacial score (nSPS) is 13.6. The van der Waals surface area contributed by atoms with Gasteiger partial charge in [-0.2, -0.15) is 0 Å². The molecule has 0 aliphatic rings. The van der Waals surface area contributed by atoms with E-state index in [1.165, 1.54) is 7.11 Å². The fourth-order valence-electron chi connectivity index (χ4n) is 2.54. The highest BCUT2D eigenvalue weighted by molar-refractivity contribution is 5.68. The number of rotatable bonds is 13. The summed E-state index contributed by atoms with van der Waals surface area (Å²) in [5.41, 5.74) is 0.440. The highest BCUT2D eigenvalue weighted by Crippen LogP contribution is 2.20. The van der Waals surface area contributed by atoms with E-state index in [4.69, 9.17) is 18.9 Å². The first-order valence-electron chi connectivity index (χ1n) is 10.2. The second-order valence-corrected chi connectivity index (χ2v) is 7.97. The van der Waals surface area contributed by atoms with Crippen LogP contribution < -0.4 is 10.1 Å². The molecule has 1 unspecified atom stereocenters. The fraction of sp³-hybridized carbons (Fsp3) is 0.682. The maximum Gasteiger partial charge on any atom is 0.408 e. The molecule has 0 aliphatic carbocycles. The molecule has 166 valence electrons. The first-order valence-corrected chi connectivity index (χ1v) is 10.2. The minimum absolute atomic E-state index is 0.176. The van der Waals surface area contributed by atoms with Gasteiger partial charge in [0.2, 0.25) is 0 Å². The molecule has 0 bridgehead atoms. The largest absolute Gasteiger partial charge is 0.494 e. The first-order chi connectivity index (χ1) is 13.7. The Morgan fingerprint density at radius 2 is 1.83 bits per heavy atom. The Morgan fingerprint density at radius 1 is 1.14 bits per heavy atom. The van der Waals surface area contributed by atoms with Crippen LogP contribution in [0.25, 0.3) is 0 Å². The van der Waals surface area contributed by atoms with Crippen LogP contribution in [-0.4, -0.2) is 50.0 Å². The number of aliphatic hydroxyl groups excluding tert-OH is 1. The van der Waals surface area contributed by atoms with Crippen molar-refractivity contribution in [3.8, 4) is 5.75 Å². The molecule has 0 radical (unpaired) electrons. The predicted octanol–water partition coefficient (Wildman–Crippen LogP) is 4.19. The molecule has 0 heterocycles. The highest BCUT2D eigenvalue weighted by atomic mass is 16.6. The Labute approximate surface area is 174 Å². The van der Waals surface area contributed by atoms with Gasteiger partial charge in [0.25, 0.3) is 0 Å². The van der Waals surface area contributed by atoms with E-state index < -0.39 is 18.0 Å². The molecule has 0 fully saturated rings. The van der Waals surface area contributed by atoms with Crippen LogP contribution in [0.3, 0.4) is 0 Å². The zero-order valence-corrected chi connectivity index (χ0v) is 18.4. The lowest BCUT2D eigenvalue weighted by Gasteiger charge is -2.22. The van der Waals surface area contributed by atoms with Crippen molar-refractivity contribution >= 4 is 6.09 Å². The molecule has 0 aliphatic heterocycles. The smallest absolute Gasteiger partial charge is 0.408 e. The highest BCUT2D eigenvalue weighted by Gasteiger charge is 2.18. The monoisotopic (exact) mass is 411 g/mol. The lowest BCUT2D eigenvalue weighted by molar-refractivity contribution is -0.119. The number of hydrogen-bond donors (Lipinski definition) is 2. The summed E-state index contributed by atoms with van der Waals surface area (Å²) >= 11 is 0. The molecule has 1 aromatic carbocycles. The third kappa shape index (κ3) is 12.4. The van der Waals surface area contributed by atoms with Gasteiger partial charge in [0, 0.05) is 13.7 Å². The van der Waals surface area contributed by atoms with Gasteiger partial charge in [-0.25, -0.2) is 4.79 Å². The number of unbranched alkanes of at least 4 members (excludes halogenated alkanes) is 3. The molecule has 1 amide bonds. The van der Waals surface area contributed by atoms with Crippen molar-refractivity contribution < 1.29 is 28.8 Å². The second kappa shape index (κ2) is 13.4. The van der Waals surface area contributed by atoms with Crippen molar-refractivity contribution in [1.82, 2.24) is 5.32 Å². The zero-order chi connectivity index (χ0) is 21.7. The van der Waals surface area contributed by atoms with E-state index in [0.717, 1.165) is 37.0 Å². The third-order valence-electron chi connectivity index (χ3n) is 4.08. The molecule has 29 heavy (non-hydrogen) atoms. The maximum atomic E-state index is 11.9. The van der Waals surface area contributed by atoms with E-state index in [-0.39, 0.29) is 12.6 Å². The molecule has 0 saturated heterocycles. The number of amides is 1. The van der Waals surface area contributed by atoms with Gasteiger partial charge in [0.1, 0.15) is 11.4 Å². The molecule has 1 rings (SSSR count). The summed E-state index contributed by atoms with van der Waals surface area (Å²) in [6.07, 6.45) is 2.71. The molecule has 0 spiro atoms. The Morgan fingerprint density at radius 3 is 2.48 bits per heavy atom. The molecule has 0 saturated carbocycles. The van der Waals surface area contributed by atoms with Crippen LogP contribution in [-0.2, 0) is 14.2 Å². The molecule has 2 N–H and O–H groups in total. The molecule has 1 aromatic rings. The summed E-state index contributed by atoms with van der Waals surface area (Å²) in [4.78, 5) is 11.9. The van der Waals surface area contributed by atoms with E-state index in [0.29, 0.717) is 13.2 Å². The summed E-state index contributed by atoms with van der Waals surface area (Å²) in [6, 6.07) is 7.56. The van der Waals surface area contributed by atoms with Crippen molar-refractivity contribution in [3.05, 3.63) is 29.8 Å². The van der Waals surface area contributed by atoms with E-state index in [2.05, 4.69) is 5.32 Å². The van der Waals surface area contributed by atoms with Gasteiger partial charge in [-0.1, -0.05) is 18.6 Å². The standard InChI is InChI=1S/C22H37NO6/c1-17(23-21(25)29-22(2,3)4)18-11-10-12-19(15-18)28-14-9-7-6-8-13-27-16-20(24)26-5/h10-12,15,17,20,24H,6-9,13-14,16H2,1-5H3,(H,23,25)/t17-,20?/m1/s1. The van der Waals surface area contributed by atoms with Gasteiger partial charge >= 0.3 is 6.09 Å². The number of methoxy groups -OCH3 is 1. The molecule has 7 nitrogen and oxygen atoms in total. The van der Waals surface area contributed by atoms with Gasteiger partial charge in [-0.05, 0) is 64.7 Å². The zero-order valence-electron chi connectivity index (χ0n) is 18.4. The minimum Gasteiger partial charge on any atom is -0.494 e. The van der Waals surface area contributed by atoms with Crippen LogP contribution in [0.5, 0.6) is 5.75 Å². The summed E-state index contributed by atoms with van der Waals surface area (Å²) in [5, 5.41) is 12.0. The predicted molar refractivity (Wildman–Crippen MR) is 112 cm³/mol. The Kier molecular flexibility index (Phi) is 11.7. The van der Waals surface area contributed by atoms with Crippen LogP contribution >= 0.6 is 0 Å². The average Bonchev–Trinajstić information content (AvgIpc) is 2.65. The number of carbonyl (C=O) groups excluding carboxylic acids is 1. The van der Waals surface area contributed by atoms with Crippen LogP contribution in [0.2, 0.25) is 0 Å². The van der Waals surface area contributed by atoms with Crippen LogP contribution in [0.1, 0.15) is 65.0 Å². The molecular weight excluding hydrogens is 374 g/mol. The van der Waals surface area contributed by atoms with Gasteiger partial charge in [-0.15, -0.1) is 0 Å². The van der Waals surface area contributed by atoms with Gasteiger partial charge in [0.05, 0.1) is 19.3 Å². The van der Waals surface area contributed by atoms with Crippen LogP contribution in [0, 0.1) is 0 Å². The number of nitrogens with one attached hydrogen (secondary N) is 1. The summed E-state index contributed by atoms with van der Waals surface area (Å²) in [5.74, 6) is 0.789. The van der Waals surface area contributed by atoms with Crippen LogP contribution in [0.4, 0.5) is 4.79 Å². The number of alkyl carbamates (subject to hydrolysis) is 1. The second-order valence-electron chi connectivity index (χ2n) is 7.97. The molecule has 0 aromatic heterocycles. The van der Waals surface area contributed by atoms with Crippen molar-refractivity contribution in [1.29, 1.82) is 0 Å². The van der Waals surface area contributed by atoms with Gasteiger partial charge in [0.15, 0.2) is 6.29 Å². The maximum absolute atomic E-state index is 11.9. The Balaban J connectivity index is 2.24. The summed E-state index contributed by atoms with van der Waals surface area (Å²) in [6.45, 7) is 8.89. The number of ether oxygens (including phenoxy) is 4. The molecule has 2 atom stereocenters. The third-order valence-corrected chi connectivity index (χ3v) is 4.08. The van der Waals surface area contributed by atoms with E-state index in [1.54, 1.807) is 0 Å². The van der Waals surface area contributed by atoms with E-state index >= 15 is 0 Å². The summed E-state index contributed by atoms with van der Waals surface area (Å²) < 4.78 is 21.1. The molecule has 7 heteroatoms. The SMILES string of the molecule is COC(O)COCCCCCCOc1cccc([C@@H](C)NC(=O)OC(C)(C)C)c1. The molecular formula is C22H37NO6. The Hall–Kier alpha value is -1.83. The lowest BCUT2D eigenvalue weighted by atomic mass is 10.1. The van der Waals surface area contributed by atoms with Crippen molar-refractivity contribution in [2.45, 2.75) is 71.3 Å². The minimum atomic E-state index is -0.846. The topological polar surface area (TPSA) is 86.3 Å².